The fourth-order valence-electron chi connectivity index (χ4n) is 4.25. The monoisotopic (exact) mass is 479 g/mol. The summed E-state index contributed by atoms with van der Waals surface area (Å²) < 4.78 is 3.45. The van der Waals surface area contributed by atoms with Gasteiger partial charge in [-0.25, -0.2) is 0 Å². The Morgan fingerprint density at radius 3 is 1.97 bits per heavy atom. The lowest BCUT2D eigenvalue weighted by Crippen LogP contribution is -1.93. The zero-order valence-electron chi connectivity index (χ0n) is 16.6. The molecular formula is C28H18BrNS. The van der Waals surface area contributed by atoms with E-state index in [1.807, 2.05) is 11.3 Å². The van der Waals surface area contributed by atoms with Gasteiger partial charge in [0.1, 0.15) is 0 Å². The molecule has 3 heteroatoms. The van der Waals surface area contributed by atoms with Gasteiger partial charge in [0.2, 0.25) is 0 Å². The summed E-state index contributed by atoms with van der Waals surface area (Å²) in [7, 11) is 0. The maximum Gasteiger partial charge on any atom is 0.0541 e. The first-order valence-corrected chi connectivity index (χ1v) is 11.8. The van der Waals surface area contributed by atoms with Gasteiger partial charge < -0.3 is 4.57 Å². The van der Waals surface area contributed by atoms with Gasteiger partial charge >= 0.3 is 0 Å². The van der Waals surface area contributed by atoms with Crippen molar-refractivity contribution in [3.8, 4) is 26.6 Å². The average molecular weight is 480 g/mol. The minimum absolute atomic E-state index is 1.10. The minimum atomic E-state index is 1.10. The van der Waals surface area contributed by atoms with E-state index in [0.717, 1.165) is 4.47 Å². The second-order valence-electron chi connectivity index (χ2n) is 7.59. The molecule has 0 fully saturated rings. The third kappa shape index (κ3) is 3.21. The zero-order valence-corrected chi connectivity index (χ0v) is 19.0. The number of benzene rings is 4. The third-order valence-corrected chi connectivity index (χ3v) is 7.39. The van der Waals surface area contributed by atoms with Gasteiger partial charge in [0.05, 0.1) is 11.0 Å². The van der Waals surface area contributed by atoms with E-state index in [9.17, 15) is 0 Å². The summed E-state index contributed by atoms with van der Waals surface area (Å²) in [5.41, 5.74) is 6.15. The Labute approximate surface area is 193 Å². The van der Waals surface area contributed by atoms with Crippen molar-refractivity contribution in [1.82, 2.24) is 4.57 Å². The normalized spacial score (nSPS) is 11.4. The molecule has 0 radical (unpaired) electrons. The van der Waals surface area contributed by atoms with Crippen LogP contribution >= 0.6 is 27.3 Å². The molecule has 6 aromatic rings. The van der Waals surface area contributed by atoms with Crippen LogP contribution in [0, 0.1) is 0 Å². The van der Waals surface area contributed by atoms with Crippen LogP contribution in [0.25, 0.3) is 48.4 Å². The molecule has 0 unspecified atom stereocenters. The molecule has 0 aliphatic rings. The van der Waals surface area contributed by atoms with Crippen LogP contribution in [0.4, 0.5) is 0 Å². The highest BCUT2D eigenvalue weighted by atomic mass is 79.9. The maximum atomic E-state index is 3.63. The van der Waals surface area contributed by atoms with Gasteiger partial charge in [-0.3, -0.25) is 0 Å². The lowest BCUT2D eigenvalue weighted by molar-refractivity contribution is 1.18. The van der Waals surface area contributed by atoms with Gasteiger partial charge in [0, 0.05) is 30.7 Å². The van der Waals surface area contributed by atoms with Gasteiger partial charge in [-0.05, 0) is 59.7 Å². The summed E-state index contributed by atoms with van der Waals surface area (Å²) in [5.74, 6) is 0. The highest BCUT2D eigenvalue weighted by Gasteiger charge is 2.12. The lowest BCUT2D eigenvalue weighted by Gasteiger charge is -2.09. The zero-order chi connectivity index (χ0) is 20.8. The largest absolute Gasteiger partial charge is 0.309 e. The highest BCUT2D eigenvalue weighted by Crippen LogP contribution is 2.36. The van der Waals surface area contributed by atoms with E-state index in [1.165, 1.54) is 48.4 Å². The van der Waals surface area contributed by atoms with Crippen molar-refractivity contribution in [2.24, 2.45) is 0 Å². The SMILES string of the molecule is Brc1ccc2c(c1)c1ccccc1n2-c1ccc(-c2ccc(-c3ccccc3)s2)cc1. The van der Waals surface area contributed by atoms with Crippen molar-refractivity contribution in [2.45, 2.75) is 0 Å². The van der Waals surface area contributed by atoms with Gasteiger partial charge in [0.25, 0.3) is 0 Å². The van der Waals surface area contributed by atoms with Crippen molar-refractivity contribution >= 4 is 49.1 Å². The Balaban J connectivity index is 1.44. The minimum Gasteiger partial charge on any atom is -0.309 e. The van der Waals surface area contributed by atoms with Crippen molar-refractivity contribution in [2.75, 3.05) is 0 Å². The van der Waals surface area contributed by atoms with Crippen LogP contribution in [-0.4, -0.2) is 4.57 Å². The van der Waals surface area contributed by atoms with Gasteiger partial charge in [-0.2, -0.15) is 0 Å². The predicted molar refractivity (Wildman–Crippen MR) is 137 cm³/mol. The number of para-hydroxylation sites is 1. The standard InChI is InChI=1S/C28H18BrNS/c29-21-12-15-26-24(18-21)23-8-4-5-9-25(23)30(26)22-13-10-20(11-14-22)28-17-16-27(31-28)19-6-2-1-3-7-19/h1-18H. The topological polar surface area (TPSA) is 4.93 Å². The van der Waals surface area contributed by atoms with Gasteiger partial charge in [-0.15, -0.1) is 11.3 Å². The van der Waals surface area contributed by atoms with Gasteiger partial charge in [0.15, 0.2) is 0 Å². The van der Waals surface area contributed by atoms with Crippen LogP contribution in [0.2, 0.25) is 0 Å². The molecule has 148 valence electrons. The van der Waals surface area contributed by atoms with Crippen LogP contribution in [0.1, 0.15) is 0 Å². The fourth-order valence-corrected chi connectivity index (χ4v) is 5.63. The van der Waals surface area contributed by atoms with E-state index < -0.39 is 0 Å². The van der Waals surface area contributed by atoms with E-state index in [2.05, 4.69) is 130 Å². The van der Waals surface area contributed by atoms with Gasteiger partial charge in [-0.1, -0.05) is 76.6 Å². The van der Waals surface area contributed by atoms with E-state index in [4.69, 9.17) is 0 Å². The summed E-state index contributed by atoms with van der Waals surface area (Å²) in [5, 5.41) is 2.54. The molecule has 4 aromatic carbocycles. The molecule has 31 heavy (non-hydrogen) atoms. The summed E-state index contributed by atoms with van der Waals surface area (Å²) in [6.07, 6.45) is 0. The Bertz CT molecular complexity index is 1520. The summed E-state index contributed by atoms with van der Waals surface area (Å²) in [6.45, 7) is 0. The molecule has 0 amide bonds. The smallest absolute Gasteiger partial charge is 0.0541 e. The molecule has 6 rings (SSSR count). The Morgan fingerprint density at radius 1 is 0.548 bits per heavy atom. The van der Waals surface area contributed by atoms with E-state index >= 15 is 0 Å². The number of thiophene rings is 1. The fraction of sp³-hybridized carbons (Fsp3) is 0. The molecule has 0 saturated heterocycles. The average Bonchev–Trinajstić information content (AvgIpc) is 3.43. The Kier molecular flexibility index (Phi) is 4.52. The molecular weight excluding hydrogens is 462 g/mol. The molecule has 0 saturated carbocycles. The molecule has 0 aliphatic carbocycles. The molecule has 0 bridgehead atoms. The van der Waals surface area contributed by atoms with E-state index in [-0.39, 0.29) is 0 Å². The van der Waals surface area contributed by atoms with Crippen molar-refractivity contribution in [3.05, 3.63) is 114 Å². The van der Waals surface area contributed by atoms with E-state index in [0.29, 0.717) is 0 Å². The molecule has 0 aliphatic heterocycles. The molecule has 2 heterocycles. The molecule has 1 nitrogen and oxygen atoms in total. The van der Waals surface area contributed by atoms with Crippen molar-refractivity contribution < 1.29 is 0 Å². The predicted octanol–water partition coefficient (Wildman–Crippen LogP) is 8.94. The van der Waals surface area contributed by atoms with Crippen molar-refractivity contribution in [1.29, 1.82) is 0 Å². The number of halogens is 1. The second-order valence-corrected chi connectivity index (χ2v) is 9.59. The first kappa shape index (κ1) is 18.6. The third-order valence-electron chi connectivity index (χ3n) is 5.71. The van der Waals surface area contributed by atoms with Crippen LogP contribution < -0.4 is 0 Å². The van der Waals surface area contributed by atoms with Crippen LogP contribution in [0.15, 0.2) is 114 Å². The number of fused-ring (bicyclic) bond motifs is 3. The first-order chi connectivity index (χ1) is 15.3. The maximum absolute atomic E-state index is 3.63. The van der Waals surface area contributed by atoms with Crippen LogP contribution in [0.5, 0.6) is 0 Å². The number of aromatic nitrogens is 1. The summed E-state index contributed by atoms with van der Waals surface area (Å²) >= 11 is 5.47. The Hall–Kier alpha value is -3.14. The van der Waals surface area contributed by atoms with Crippen LogP contribution in [0.3, 0.4) is 0 Å². The quantitative estimate of drug-likeness (QED) is 0.238. The molecule has 0 spiro atoms. The van der Waals surface area contributed by atoms with Crippen molar-refractivity contribution in [3.63, 3.8) is 0 Å². The first-order valence-electron chi connectivity index (χ1n) is 10.2. The summed E-state index contributed by atoms with van der Waals surface area (Å²) in [6, 6.07) is 39.1. The highest BCUT2D eigenvalue weighted by molar-refractivity contribution is 9.10. The molecule has 0 N–H and O–H groups in total. The molecule has 2 aromatic heterocycles. The molecule has 0 atom stereocenters. The van der Waals surface area contributed by atoms with Crippen LogP contribution in [-0.2, 0) is 0 Å². The Morgan fingerprint density at radius 2 is 1.19 bits per heavy atom. The summed E-state index contributed by atoms with van der Waals surface area (Å²) in [4.78, 5) is 2.59. The number of nitrogens with zero attached hydrogens (tertiary/aromatic N) is 1. The van der Waals surface area contributed by atoms with E-state index in [1.54, 1.807) is 0 Å². The number of rotatable bonds is 3. The number of hydrogen-bond donors (Lipinski definition) is 0. The lowest BCUT2D eigenvalue weighted by atomic mass is 10.1. The second kappa shape index (κ2) is 7.52. The number of hydrogen-bond acceptors (Lipinski definition) is 1.